The molecule has 1 aliphatic heterocycles. The Morgan fingerprint density at radius 3 is 3.08 bits per heavy atom. The molecule has 0 saturated carbocycles. The molecule has 7 nitrogen and oxygen atoms in total. The van der Waals surface area contributed by atoms with Gasteiger partial charge in [0, 0.05) is 12.0 Å². The van der Waals surface area contributed by atoms with Crippen molar-refractivity contribution in [1.29, 1.82) is 0 Å². The highest BCUT2D eigenvalue weighted by Crippen LogP contribution is 2.41. The first-order valence-electron chi connectivity index (χ1n) is 8.02. The number of para-hydroxylation sites is 1. The molecule has 24 heavy (non-hydrogen) atoms. The molecule has 0 bridgehead atoms. The molecule has 1 N–H and O–H groups in total. The highest BCUT2D eigenvalue weighted by molar-refractivity contribution is 5.79. The number of benzene rings is 1. The van der Waals surface area contributed by atoms with Crippen molar-refractivity contribution in [2.24, 2.45) is 0 Å². The number of carbonyl (C=O) groups excluding carboxylic acids is 1. The lowest BCUT2D eigenvalue weighted by molar-refractivity contribution is -0.124. The number of amides is 1. The van der Waals surface area contributed by atoms with Crippen LogP contribution in [0.3, 0.4) is 0 Å². The standard InChI is InChI=1S/C17H22N4O3/c1-12(21-11-18-10-20-21)16(22)19-7-8-23-14-6-4-5-13-9-17(2,3)24-15(13)14/h4-6,10-12H,7-9H2,1-3H3,(H,19,22)/t12-/m0/s1. The smallest absolute Gasteiger partial charge is 0.244 e. The van der Waals surface area contributed by atoms with E-state index in [2.05, 4.69) is 35.3 Å². The fraction of sp³-hybridized carbons (Fsp3) is 0.471. The molecule has 0 spiro atoms. The predicted molar refractivity (Wildman–Crippen MR) is 88.1 cm³/mol. The zero-order chi connectivity index (χ0) is 17.2. The van der Waals surface area contributed by atoms with Crippen LogP contribution in [0.1, 0.15) is 32.4 Å². The van der Waals surface area contributed by atoms with Gasteiger partial charge in [0.15, 0.2) is 11.5 Å². The van der Waals surface area contributed by atoms with Gasteiger partial charge in [0.25, 0.3) is 0 Å². The third-order valence-electron chi connectivity index (χ3n) is 3.93. The number of nitrogens with one attached hydrogen (secondary N) is 1. The molecule has 0 unspecified atom stereocenters. The molecule has 2 aromatic rings. The minimum atomic E-state index is -0.405. The number of rotatable bonds is 6. The Morgan fingerprint density at radius 2 is 2.33 bits per heavy atom. The quantitative estimate of drug-likeness (QED) is 0.817. The lowest BCUT2D eigenvalue weighted by Gasteiger charge is -2.18. The second-order valence-electron chi connectivity index (χ2n) is 6.47. The van der Waals surface area contributed by atoms with Gasteiger partial charge < -0.3 is 14.8 Å². The lowest BCUT2D eigenvalue weighted by atomic mass is 10.0. The van der Waals surface area contributed by atoms with Gasteiger partial charge in [-0.3, -0.25) is 4.79 Å². The fourth-order valence-electron chi connectivity index (χ4n) is 2.72. The van der Waals surface area contributed by atoms with Gasteiger partial charge in [-0.05, 0) is 26.8 Å². The second-order valence-corrected chi connectivity index (χ2v) is 6.47. The molecule has 7 heteroatoms. The van der Waals surface area contributed by atoms with Gasteiger partial charge in [-0.15, -0.1) is 0 Å². The van der Waals surface area contributed by atoms with Crippen molar-refractivity contribution in [1.82, 2.24) is 20.1 Å². The highest BCUT2D eigenvalue weighted by atomic mass is 16.5. The summed E-state index contributed by atoms with van der Waals surface area (Å²) in [6.45, 7) is 6.66. The Balaban J connectivity index is 1.50. The van der Waals surface area contributed by atoms with Crippen LogP contribution in [-0.4, -0.2) is 39.4 Å². The number of hydrogen-bond donors (Lipinski definition) is 1. The number of carbonyl (C=O) groups is 1. The Labute approximate surface area is 141 Å². The molecule has 0 fully saturated rings. The first-order valence-corrected chi connectivity index (χ1v) is 8.02. The van der Waals surface area contributed by atoms with Crippen molar-refractivity contribution in [3.63, 3.8) is 0 Å². The van der Waals surface area contributed by atoms with E-state index < -0.39 is 6.04 Å². The van der Waals surface area contributed by atoms with Gasteiger partial charge in [0.1, 0.15) is 30.9 Å². The third-order valence-corrected chi connectivity index (χ3v) is 3.93. The lowest BCUT2D eigenvalue weighted by Crippen LogP contribution is -2.34. The number of nitrogens with zero attached hydrogens (tertiary/aromatic N) is 3. The van der Waals surface area contributed by atoms with Crippen LogP contribution in [0, 0.1) is 0 Å². The number of hydrogen-bond acceptors (Lipinski definition) is 5. The molecular weight excluding hydrogens is 308 g/mol. The Kier molecular flexibility index (Phi) is 4.42. The van der Waals surface area contributed by atoms with Crippen LogP contribution in [0.5, 0.6) is 11.5 Å². The van der Waals surface area contributed by atoms with E-state index in [4.69, 9.17) is 9.47 Å². The number of aromatic nitrogens is 3. The summed E-state index contributed by atoms with van der Waals surface area (Å²) in [6, 6.07) is 5.50. The average Bonchev–Trinajstić information content (AvgIpc) is 3.16. The Hall–Kier alpha value is -2.57. The molecule has 1 aromatic carbocycles. The third kappa shape index (κ3) is 3.50. The van der Waals surface area contributed by atoms with Crippen LogP contribution < -0.4 is 14.8 Å². The van der Waals surface area contributed by atoms with Crippen LogP contribution in [0.25, 0.3) is 0 Å². The van der Waals surface area contributed by atoms with Crippen molar-refractivity contribution in [3.8, 4) is 11.5 Å². The predicted octanol–water partition coefficient (Wildman–Crippen LogP) is 1.75. The normalized spacial score (nSPS) is 16.1. The molecule has 128 valence electrons. The monoisotopic (exact) mass is 330 g/mol. The van der Waals surface area contributed by atoms with E-state index >= 15 is 0 Å². The van der Waals surface area contributed by atoms with Gasteiger partial charge in [-0.25, -0.2) is 9.67 Å². The minimum absolute atomic E-state index is 0.125. The summed E-state index contributed by atoms with van der Waals surface area (Å²) in [7, 11) is 0. The summed E-state index contributed by atoms with van der Waals surface area (Å²) >= 11 is 0. The molecule has 0 aliphatic carbocycles. The highest BCUT2D eigenvalue weighted by Gasteiger charge is 2.32. The molecule has 1 atom stereocenters. The maximum atomic E-state index is 12.0. The van der Waals surface area contributed by atoms with Gasteiger partial charge in [0.2, 0.25) is 5.91 Å². The molecule has 0 saturated heterocycles. The summed E-state index contributed by atoms with van der Waals surface area (Å²) in [6.07, 6.45) is 3.79. The molecule has 1 amide bonds. The van der Waals surface area contributed by atoms with E-state index in [0.717, 1.165) is 23.5 Å². The van der Waals surface area contributed by atoms with Crippen LogP contribution >= 0.6 is 0 Å². The van der Waals surface area contributed by atoms with Crippen molar-refractivity contribution in [2.75, 3.05) is 13.2 Å². The van der Waals surface area contributed by atoms with Gasteiger partial charge in [0.05, 0.1) is 6.54 Å². The summed E-state index contributed by atoms with van der Waals surface area (Å²) in [5.74, 6) is 1.40. The van der Waals surface area contributed by atoms with Gasteiger partial charge >= 0.3 is 0 Å². The summed E-state index contributed by atoms with van der Waals surface area (Å²) in [4.78, 5) is 15.9. The van der Waals surface area contributed by atoms with E-state index in [0.29, 0.717) is 13.2 Å². The molecule has 1 aromatic heterocycles. The summed E-state index contributed by atoms with van der Waals surface area (Å²) in [5, 5.41) is 6.79. The summed E-state index contributed by atoms with van der Waals surface area (Å²) in [5.41, 5.74) is 0.949. The van der Waals surface area contributed by atoms with Crippen LogP contribution in [-0.2, 0) is 11.2 Å². The second kappa shape index (κ2) is 6.51. The Bertz CT molecular complexity index is 713. The summed E-state index contributed by atoms with van der Waals surface area (Å²) < 4.78 is 13.3. The van der Waals surface area contributed by atoms with Crippen molar-refractivity contribution >= 4 is 5.91 Å². The molecule has 1 aliphatic rings. The Morgan fingerprint density at radius 1 is 1.50 bits per heavy atom. The van der Waals surface area contributed by atoms with E-state index in [1.165, 1.54) is 17.3 Å². The van der Waals surface area contributed by atoms with E-state index in [9.17, 15) is 4.79 Å². The SMILES string of the molecule is C[C@@H](C(=O)NCCOc1cccc2c1OC(C)(C)C2)n1cncn1. The number of fused-ring (bicyclic) bond motifs is 1. The maximum Gasteiger partial charge on any atom is 0.244 e. The molecular formula is C17H22N4O3. The molecule has 2 heterocycles. The van der Waals surface area contributed by atoms with E-state index in [1.54, 1.807) is 6.92 Å². The maximum absolute atomic E-state index is 12.0. The van der Waals surface area contributed by atoms with Crippen LogP contribution in [0.4, 0.5) is 0 Å². The van der Waals surface area contributed by atoms with E-state index in [1.807, 2.05) is 12.1 Å². The zero-order valence-corrected chi connectivity index (χ0v) is 14.2. The largest absolute Gasteiger partial charge is 0.488 e. The average molecular weight is 330 g/mol. The van der Waals surface area contributed by atoms with E-state index in [-0.39, 0.29) is 11.5 Å². The topological polar surface area (TPSA) is 78.3 Å². The van der Waals surface area contributed by atoms with Crippen LogP contribution in [0.15, 0.2) is 30.9 Å². The molecule has 0 radical (unpaired) electrons. The van der Waals surface area contributed by atoms with Crippen LogP contribution in [0.2, 0.25) is 0 Å². The van der Waals surface area contributed by atoms with Crippen molar-refractivity contribution in [3.05, 3.63) is 36.4 Å². The van der Waals surface area contributed by atoms with Gasteiger partial charge in [-0.2, -0.15) is 5.10 Å². The number of ether oxygens (including phenoxy) is 2. The van der Waals surface area contributed by atoms with Crippen molar-refractivity contribution in [2.45, 2.75) is 38.8 Å². The first kappa shape index (κ1) is 16.3. The first-order chi connectivity index (χ1) is 11.5. The molecule has 3 rings (SSSR count). The fourth-order valence-corrected chi connectivity index (χ4v) is 2.72. The minimum Gasteiger partial charge on any atom is -0.488 e. The zero-order valence-electron chi connectivity index (χ0n) is 14.2. The van der Waals surface area contributed by atoms with Crippen molar-refractivity contribution < 1.29 is 14.3 Å². The van der Waals surface area contributed by atoms with Gasteiger partial charge in [-0.1, -0.05) is 12.1 Å².